The zero-order valence-corrected chi connectivity index (χ0v) is 24.1. The summed E-state index contributed by atoms with van der Waals surface area (Å²) in [7, 11) is 0. The normalized spacial score (nSPS) is 13.8. The van der Waals surface area contributed by atoms with Crippen molar-refractivity contribution in [3.05, 3.63) is 24.3 Å². The molecule has 0 aromatic heterocycles. The van der Waals surface area contributed by atoms with E-state index in [2.05, 4.69) is 48.4 Å². The van der Waals surface area contributed by atoms with Gasteiger partial charge in [-0.15, -0.1) is 0 Å². The number of amidine groups is 1. The molecule has 1 aliphatic rings. The smallest absolute Gasteiger partial charge is 0.220 e. The van der Waals surface area contributed by atoms with E-state index in [1.807, 2.05) is 0 Å². The monoisotopic (exact) mass is 501 g/mol. The SMILES string of the molecule is CCCC/C=C/CCCCCCCC(=O)NCCN1CCN=C1CCCCCCC/C=C/CCCC. The largest absolute Gasteiger partial charge is 0.357 e. The number of hydrogen-bond acceptors (Lipinski definition) is 3. The number of rotatable bonds is 25. The molecule has 1 aliphatic heterocycles. The fraction of sp³-hybridized carbons (Fsp3) is 0.812. The molecule has 0 radical (unpaired) electrons. The van der Waals surface area contributed by atoms with Gasteiger partial charge in [0.15, 0.2) is 0 Å². The molecule has 4 heteroatoms. The second-order valence-electron chi connectivity index (χ2n) is 10.5. The van der Waals surface area contributed by atoms with Gasteiger partial charge in [0.1, 0.15) is 0 Å². The van der Waals surface area contributed by atoms with Crippen molar-refractivity contribution in [2.45, 2.75) is 142 Å². The number of allylic oxidation sites excluding steroid dienone is 4. The second kappa shape index (κ2) is 25.1. The van der Waals surface area contributed by atoms with Gasteiger partial charge in [-0.2, -0.15) is 0 Å². The summed E-state index contributed by atoms with van der Waals surface area (Å²) in [6.45, 7) is 8.08. The van der Waals surface area contributed by atoms with E-state index in [9.17, 15) is 4.79 Å². The Balaban J connectivity index is 1.94. The molecule has 0 aliphatic carbocycles. The van der Waals surface area contributed by atoms with Crippen LogP contribution in [0.4, 0.5) is 0 Å². The van der Waals surface area contributed by atoms with Crippen molar-refractivity contribution in [1.82, 2.24) is 10.2 Å². The van der Waals surface area contributed by atoms with Gasteiger partial charge in [-0.25, -0.2) is 0 Å². The number of aliphatic imine (C=N–C) groups is 1. The molecule has 0 aromatic rings. The van der Waals surface area contributed by atoms with Crippen molar-refractivity contribution in [3.8, 4) is 0 Å². The molecular weight excluding hydrogens is 442 g/mol. The molecule has 0 fully saturated rings. The summed E-state index contributed by atoms with van der Waals surface area (Å²) < 4.78 is 0. The lowest BCUT2D eigenvalue weighted by atomic mass is 10.1. The molecular formula is C32H59N3O. The number of hydrogen-bond donors (Lipinski definition) is 1. The molecule has 36 heavy (non-hydrogen) atoms. The number of unbranched alkanes of at least 4 members (excludes halogenated alkanes) is 14. The summed E-state index contributed by atoms with van der Waals surface area (Å²) in [6.07, 6.45) is 33.9. The third-order valence-corrected chi connectivity index (χ3v) is 7.06. The Labute approximate surface area is 224 Å². The predicted octanol–water partition coefficient (Wildman–Crippen LogP) is 8.77. The molecule has 0 atom stereocenters. The molecule has 0 saturated heterocycles. The van der Waals surface area contributed by atoms with E-state index >= 15 is 0 Å². The average molecular weight is 502 g/mol. The third kappa shape index (κ3) is 19.6. The first-order valence-corrected chi connectivity index (χ1v) is 15.6. The zero-order valence-electron chi connectivity index (χ0n) is 24.1. The van der Waals surface area contributed by atoms with Crippen LogP contribution in [0, 0.1) is 0 Å². The highest BCUT2D eigenvalue weighted by atomic mass is 16.1. The Morgan fingerprint density at radius 2 is 1.28 bits per heavy atom. The van der Waals surface area contributed by atoms with E-state index < -0.39 is 0 Å². The first-order valence-electron chi connectivity index (χ1n) is 15.6. The standard InChI is InChI=1S/C32H59N3O/c1-3-5-7-9-11-13-15-17-19-21-23-25-31-33-27-29-35(31)30-28-34-32(36)26-24-22-20-18-16-14-12-10-8-6-4-2/h9-12H,3-8,13-30H2,1-2H3,(H,34,36)/b11-9+,12-10+. The van der Waals surface area contributed by atoms with Gasteiger partial charge in [0.05, 0.1) is 12.4 Å². The van der Waals surface area contributed by atoms with Crippen LogP contribution in [-0.4, -0.2) is 42.8 Å². The van der Waals surface area contributed by atoms with Crippen LogP contribution < -0.4 is 5.32 Å². The lowest BCUT2D eigenvalue weighted by Gasteiger charge is -2.20. The van der Waals surface area contributed by atoms with Crippen LogP contribution in [0.1, 0.15) is 142 Å². The van der Waals surface area contributed by atoms with Crippen LogP contribution in [0.25, 0.3) is 0 Å². The highest BCUT2D eigenvalue weighted by molar-refractivity contribution is 5.83. The summed E-state index contributed by atoms with van der Waals surface area (Å²) >= 11 is 0. The van der Waals surface area contributed by atoms with Crippen LogP contribution in [-0.2, 0) is 4.79 Å². The first kappa shape index (κ1) is 32.4. The van der Waals surface area contributed by atoms with Gasteiger partial charge < -0.3 is 10.2 Å². The molecule has 4 nitrogen and oxygen atoms in total. The number of carbonyl (C=O) groups is 1. The molecule has 1 rings (SSSR count). The maximum absolute atomic E-state index is 12.2. The second-order valence-corrected chi connectivity index (χ2v) is 10.5. The fourth-order valence-electron chi connectivity index (χ4n) is 4.69. The van der Waals surface area contributed by atoms with Crippen LogP contribution in [0.2, 0.25) is 0 Å². The number of nitrogens with one attached hydrogen (secondary N) is 1. The van der Waals surface area contributed by atoms with E-state index in [1.165, 1.54) is 115 Å². The zero-order chi connectivity index (χ0) is 25.9. The molecule has 1 N–H and O–H groups in total. The topological polar surface area (TPSA) is 44.7 Å². The first-order chi connectivity index (χ1) is 17.8. The van der Waals surface area contributed by atoms with E-state index in [0.29, 0.717) is 6.42 Å². The lowest BCUT2D eigenvalue weighted by Crippen LogP contribution is -2.36. The minimum absolute atomic E-state index is 0.215. The molecule has 0 aromatic carbocycles. The van der Waals surface area contributed by atoms with E-state index in [4.69, 9.17) is 4.99 Å². The van der Waals surface area contributed by atoms with Gasteiger partial charge in [-0.3, -0.25) is 9.79 Å². The minimum atomic E-state index is 0.215. The average Bonchev–Trinajstić information content (AvgIpc) is 3.33. The van der Waals surface area contributed by atoms with Crippen molar-refractivity contribution >= 4 is 11.7 Å². The highest BCUT2D eigenvalue weighted by Crippen LogP contribution is 2.13. The summed E-state index contributed by atoms with van der Waals surface area (Å²) in [5.74, 6) is 1.48. The van der Waals surface area contributed by atoms with Crippen molar-refractivity contribution < 1.29 is 4.79 Å². The van der Waals surface area contributed by atoms with Crippen LogP contribution in [0.15, 0.2) is 29.3 Å². The maximum atomic E-state index is 12.2. The molecule has 0 unspecified atom stereocenters. The van der Waals surface area contributed by atoms with Gasteiger partial charge in [0.2, 0.25) is 5.91 Å². The molecule has 0 bridgehead atoms. The Morgan fingerprint density at radius 3 is 1.89 bits per heavy atom. The summed E-state index contributed by atoms with van der Waals surface area (Å²) in [4.78, 5) is 19.3. The van der Waals surface area contributed by atoms with Crippen molar-refractivity contribution in [3.63, 3.8) is 0 Å². The van der Waals surface area contributed by atoms with E-state index in [1.54, 1.807) is 0 Å². The summed E-state index contributed by atoms with van der Waals surface area (Å²) in [5, 5.41) is 3.13. The fourth-order valence-corrected chi connectivity index (χ4v) is 4.69. The van der Waals surface area contributed by atoms with Gasteiger partial charge in [-0.1, -0.05) is 102 Å². The van der Waals surface area contributed by atoms with Crippen molar-refractivity contribution in [2.24, 2.45) is 4.99 Å². The Hall–Kier alpha value is -1.58. The van der Waals surface area contributed by atoms with Crippen LogP contribution in [0.5, 0.6) is 0 Å². The quantitative estimate of drug-likeness (QED) is 0.100. The highest BCUT2D eigenvalue weighted by Gasteiger charge is 2.16. The van der Waals surface area contributed by atoms with Crippen molar-refractivity contribution in [1.29, 1.82) is 0 Å². The summed E-state index contributed by atoms with van der Waals surface area (Å²) in [6, 6.07) is 0. The van der Waals surface area contributed by atoms with Gasteiger partial charge in [0.25, 0.3) is 0 Å². The van der Waals surface area contributed by atoms with Gasteiger partial charge in [-0.05, 0) is 51.4 Å². The number of carbonyl (C=O) groups excluding carboxylic acids is 1. The Bertz CT molecular complexity index is 596. The Kier molecular flexibility index (Phi) is 22.6. The Morgan fingerprint density at radius 1 is 0.750 bits per heavy atom. The minimum Gasteiger partial charge on any atom is -0.357 e. The van der Waals surface area contributed by atoms with E-state index in [-0.39, 0.29) is 5.91 Å². The van der Waals surface area contributed by atoms with E-state index in [0.717, 1.165) is 39.0 Å². The molecule has 1 amide bonds. The molecule has 208 valence electrons. The maximum Gasteiger partial charge on any atom is 0.220 e. The number of amides is 1. The lowest BCUT2D eigenvalue weighted by molar-refractivity contribution is -0.121. The van der Waals surface area contributed by atoms with Gasteiger partial charge >= 0.3 is 0 Å². The third-order valence-electron chi connectivity index (χ3n) is 7.06. The molecule has 0 spiro atoms. The molecule has 0 saturated carbocycles. The molecule has 1 heterocycles. The van der Waals surface area contributed by atoms with Gasteiger partial charge in [0, 0.05) is 32.5 Å². The predicted molar refractivity (Wildman–Crippen MR) is 159 cm³/mol. The van der Waals surface area contributed by atoms with Crippen LogP contribution in [0.3, 0.4) is 0 Å². The van der Waals surface area contributed by atoms with Crippen LogP contribution >= 0.6 is 0 Å². The summed E-state index contributed by atoms with van der Waals surface area (Å²) in [5.41, 5.74) is 0. The van der Waals surface area contributed by atoms with Crippen molar-refractivity contribution in [2.75, 3.05) is 26.2 Å². The number of nitrogens with zero attached hydrogens (tertiary/aromatic N) is 2.